The van der Waals surface area contributed by atoms with Crippen LogP contribution in [0.4, 0.5) is 11.8 Å². The molecule has 0 unspecified atom stereocenters. The fourth-order valence-electron chi connectivity index (χ4n) is 2.27. The van der Waals surface area contributed by atoms with E-state index in [1.807, 2.05) is 6.07 Å². The largest absolute Gasteiger partial charge is 0.355 e. The third-order valence-electron chi connectivity index (χ3n) is 3.35. The lowest BCUT2D eigenvalue weighted by Crippen LogP contribution is -2.30. The molecule has 7 nitrogen and oxygen atoms in total. The van der Waals surface area contributed by atoms with Crippen LogP contribution in [0.15, 0.2) is 30.6 Å². The normalized spacial score (nSPS) is 14.8. The first kappa shape index (κ1) is 13.4. The van der Waals surface area contributed by atoms with Crippen molar-refractivity contribution in [2.45, 2.75) is 19.3 Å². The summed E-state index contributed by atoms with van der Waals surface area (Å²) in [4.78, 5) is 22.1. The van der Waals surface area contributed by atoms with Gasteiger partial charge >= 0.3 is 0 Å². The Balaban J connectivity index is 1.67. The number of hydrogen-bond acceptors (Lipinski definition) is 6. The van der Waals surface area contributed by atoms with Gasteiger partial charge in [-0.2, -0.15) is 0 Å². The van der Waals surface area contributed by atoms with Gasteiger partial charge in [0.25, 0.3) is 5.91 Å². The van der Waals surface area contributed by atoms with Gasteiger partial charge in [0.05, 0.1) is 0 Å². The van der Waals surface area contributed by atoms with E-state index in [9.17, 15) is 4.79 Å². The molecule has 0 atom stereocenters. The number of carbonyl (C=O) groups is 1. The van der Waals surface area contributed by atoms with Gasteiger partial charge in [-0.15, -0.1) is 10.2 Å². The van der Waals surface area contributed by atoms with Crippen LogP contribution in [0.2, 0.25) is 0 Å². The number of nitrogens with zero attached hydrogens (tertiary/aromatic N) is 5. The Bertz CT molecular complexity index is 595. The van der Waals surface area contributed by atoms with Crippen LogP contribution in [-0.4, -0.2) is 39.2 Å². The topological polar surface area (TPSA) is 83.9 Å². The molecule has 0 spiro atoms. The fourth-order valence-corrected chi connectivity index (χ4v) is 2.27. The molecule has 1 aliphatic rings. The molecule has 0 saturated carbocycles. The van der Waals surface area contributed by atoms with Crippen molar-refractivity contribution >= 4 is 17.7 Å². The van der Waals surface area contributed by atoms with E-state index in [1.54, 1.807) is 24.5 Å². The van der Waals surface area contributed by atoms with Gasteiger partial charge in [0, 0.05) is 25.5 Å². The molecule has 7 heteroatoms. The molecule has 2 aromatic rings. The highest BCUT2D eigenvalue weighted by atomic mass is 16.2. The van der Waals surface area contributed by atoms with E-state index < -0.39 is 0 Å². The van der Waals surface area contributed by atoms with Crippen LogP contribution < -0.4 is 10.2 Å². The minimum atomic E-state index is -0.362. The maximum absolute atomic E-state index is 12.0. The Labute approximate surface area is 122 Å². The van der Waals surface area contributed by atoms with Crippen molar-refractivity contribution in [3.05, 3.63) is 36.3 Å². The Kier molecular flexibility index (Phi) is 3.99. The number of nitrogens with one attached hydrogen (secondary N) is 1. The van der Waals surface area contributed by atoms with E-state index in [-0.39, 0.29) is 17.5 Å². The Hall–Kier alpha value is -2.57. The zero-order chi connectivity index (χ0) is 14.5. The lowest BCUT2D eigenvalue weighted by molar-refractivity contribution is 0.102. The van der Waals surface area contributed by atoms with Crippen LogP contribution in [0.1, 0.15) is 29.8 Å². The summed E-state index contributed by atoms with van der Waals surface area (Å²) in [6, 6.07) is 5.19. The van der Waals surface area contributed by atoms with Crippen molar-refractivity contribution in [1.29, 1.82) is 0 Å². The average molecular weight is 284 g/mol. The number of amides is 1. The molecule has 1 amide bonds. The standard InChI is InChI=1S/C14H16N6O/c21-13(17-14-15-7-4-8-16-14)11-5-6-12(19-18-11)20-9-2-1-3-10-20/h4-8H,1-3,9-10H2,(H,15,16,17,21). The number of aromatic nitrogens is 4. The third-order valence-corrected chi connectivity index (χ3v) is 3.35. The second-order valence-corrected chi connectivity index (χ2v) is 4.85. The van der Waals surface area contributed by atoms with E-state index in [2.05, 4.69) is 30.4 Å². The van der Waals surface area contributed by atoms with E-state index in [0.717, 1.165) is 18.9 Å². The smallest absolute Gasteiger partial charge is 0.278 e. The molecule has 1 fully saturated rings. The summed E-state index contributed by atoms with van der Waals surface area (Å²) in [7, 11) is 0. The summed E-state index contributed by atoms with van der Waals surface area (Å²) in [5.41, 5.74) is 0.253. The van der Waals surface area contributed by atoms with Crippen LogP contribution in [0, 0.1) is 0 Å². The van der Waals surface area contributed by atoms with Crippen LogP contribution in [0.25, 0.3) is 0 Å². The second-order valence-electron chi connectivity index (χ2n) is 4.85. The van der Waals surface area contributed by atoms with E-state index in [0.29, 0.717) is 0 Å². The van der Waals surface area contributed by atoms with Gasteiger partial charge in [0.2, 0.25) is 5.95 Å². The van der Waals surface area contributed by atoms with Crippen LogP contribution >= 0.6 is 0 Å². The molecule has 1 N–H and O–H groups in total. The van der Waals surface area contributed by atoms with Crippen molar-refractivity contribution in [2.24, 2.45) is 0 Å². The maximum Gasteiger partial charge on any atom is 0.278 e. The number of anilines is 2. The van der Waals surface area contributed by atoms with Crippen LogP contribution in [-0.2, 0) is 0 Å². The predicted octanol–water partition coefficient (Wildman–Crippen LogP) is 1.51. The molecule has 2 aromatic heterocycles. The molecule has 0 aromatic carbocycles. The first-order valence-corrected chi connectivity index (χ1v) is 7.00. The van der Waals surface area contributed by atoms with Crippen LogP contribution in [0.3, 0.4) is 0 Å². The summed E-state index contributed by atoms with van der Waals surface area (Å²) < 4.78 is 0. The van der Waals surface area contributed by atoms with E-state index >= 15 is 0 Å². The molecule has 0 radical (unpaired) electrons. The molecule has 21 heavy (non-hydrogen) atoms. The summed E-state index contributed by atoms with van der Waals surface area (Å²) in [6.07, 6.45) is 6.74. The summed E-state index contributed by atoms with van der Waals surface area (Å²) >= 11 is 0. The van der Waals surface area contributed by atoms with E-state index in [4.69, 9.17) is 0 Å². The Morgan fingerprint density at radius 2 is 1.81 bits per heavy atom. The van der Waals surface area contributed by atoms with Gasteiger partial charge in [-0.25, -0.2) is 9.97 Å². The van der Waals surface area contributed by atoms with Gasteiger partial charge in [-0.3, -0.25) is 10.1 Å². The summed E-state index contributed by atoms with van der Waals surface area (Å²) in [5, 5.41) is 10.7. The first-order valence-electron chi connectivity index (χ1n) is 7.00. The highest BCUT2D eigenvalue weighted by Gasteiger charge is 2.14. The van der Waals surface area contributed by atoms with Gasteiger partial charge in [0.1, 0.15) is 0 Å². The molecule has 3 rings (SSSR count). The first-order chi connectivity index (χ1) is 10.3. The van der Waals surface area contributed by atoms with Crippen molar-refractivity contribution < 1.29 is 4.79 Å². The van der Waals surface area contributed by atoms with Crippen molar-refractivity contribution in [1.82, 2.24) is 20.2 Å². The van der Waals surface area contributed by atoms with Gasteiger partial charge in [-0.1, -0.05) is 0 Å². The maximum atomic E-state index is 12.0. The van der Waals surface area contributed by atoms with Gasteiger partial charge in [0.15, 0.2) is 11.5 Å². The average Bonchev–Trinajstić information content (AvgIpc) is 2.57. The number of hydrogen-bond donors (Lipinski definition) is 1. The Morgan fingerprint density at radius 3 is 2.48 bits per heavy atom. The fraction of sp³-hybridized carbons (Fsp3) is 0.357. The summed E-state index contributed by atoms with van der Waals surface area (Å²) in [5.74, 6) is 0.713. The molecule has 1 saturated heterocycles. The lowest BCUT2D eigenvalue weighted by Gasteiger charge is -2.27. The van der Waals surface area contributed by atoms with Crippen molar-refractivity contribution in [2.75, 3.05) is 23.3 Å². The SMILES string of the molecule is O=C(Nc1ncccn1)c1ccc(N2CCCCC2)nn1. The molecule has 0 aliphatic carbocycles. The van der Waals surface area contributed by atoms with E-state index in [1.165, 1.54) is 19.3 Å². The molecule has 1 aliphatic heterocycles. The quantitative estimate of drug-likeness (QED) is 0.919. The molecule has 108 valence electrons. The highest BCUT2D eigenvalue weighted by molar-refractivity contribution is 6.01. The molecular weight excluding hydrogens is 268 g/mol. The summed E-state index contributed by atoms with van der Waals surface area (Å²) in [6.45, 7) is 2.00. The minimum absolute atomic E-state index is 0.253. The zero-order valence-electron chi connectivity index (χ0n) is 11.6. The van der Waals surface area contributed by atoms with Crippen molar-refractivity contribution in [3.63, 3.8) is 0 Å². The predicted molar refractivity (Wildman–Crippen MR) is 78.1 cm³/mol. The van der Waals surface area contributed by atoms with Crippen molar-refractivity contribution in [3.8, 4) is 0 Å². The van der Waals surface area contributed by atoms with Gasteiger partial charge < -0.3 is 4.90 Å². The second kappa shape index (κ2) is 6.25. The molecule has 0 bridgehead atoms. The zero-order valence-corrected chi connectivity index (χ0v) is 11.6. The highest BCUT2D eigenvalue weighted by Crippen LogP contribution is 2.16. The minimum Gasteiger partial charge on any atom is -0.355 e. The number of rotatable bonds is 3. The third kappa shape index (κ3) is 3.31. The lowest BCUT2D eigenvalue weighted by atomic mass is 10.1. The van der Waals surface area contributed by atoms with Gasteiger partial charge in [-0.05, 0) is 37.5 Å². The molecule has 3 heterocycles. The number of piperidine rings is 1. The van der Waals surface area contributed by atoms with Crippen LogP contribution in [0.5, 0.6) is 0 Å². The Morgan fingerprint density at radius 1 is 1.05 bits per heavy atom. The number of carbonyl (C=O) groups excluding carboxylic acids is 1. The monoisotopic (exact) mass is 284 g/mol. The molecular formula is C14H16N6O.